The van der Waals surface area contributed by atoms with Crippen LogP contribution in [0.15, 0.2) is 63.6 Å². The lowest BCUT2D eigenvalue weighted by Crippen LogP contribution is -2.01. The molecule has 32 heavy (non-hydrogen) atoms. The van der Waals surface area contributed by atoms with Gasteiger partial charge in [-0.2, -0.15) is 0 Å². The molecule has 2 heterocycles. The molecular formula is C22H19ClN4O3S2. The van der Waals surface area contributed by atoms with E-state index in [0.29, 0.717) is 34.7 Å². The second kappa shape index (κ2) is 10.6. The molecule has 0 unspecified atom stereocenters. The Morgan fingerprint density at radius 3 is 2.69 bits per heavy atom. The molecule has 4 aromatic rings. The molecule has 0 saturated carbocycles. The number of aromatic nitrogens is 3. The SMILES string of the molecule is CCOc1ccc(Nc2nc(Cc3nnc(SCC(=O)c4ccc(Cl)cc4)o3)cs2)cc1. The molecule has 10 heteroatoms. The minimum atomic E-state index is -0.0316. The first kappa shape index (κ1) is 22.3. The van der Waals surface area contributed by atoms with Gasteiger partial charge >= 0.3 is 0 Å². The third kappa shape index (κ3) is 6.09. The van der Waals surface area contributed by atoms with E-state index in [-0.39, 0.29) is 11.5 Å². The highest BCUT2D eigenvalue weighted by Gasteiger charge is 2.13. The average Bonchev–Trinajstić information content (AvgIpc) is 3.43. The number of nitrogens with one attached hydrogen (secondary N) is 1. The molecule has 0 radical (unpaired) electrons. The Balaban J connectivity index is 1.29. The molecule has 0 aliphatic heterocycles. The van der Waals surface area contributed by atoms with Gasteiger partial charge in [-0.1, -0.05) is 23.4 Å². The third-order valence-electron chi connectivity index (χ3n) is 4.24. The van der Waals surface area contributed by atoms with Crippen LogP contribution in [0.3, 0.4) is 0 Å². The number of halogens is 1. The summed E-state index contributed by atoms with van der Waals surface area (Å²) in [6.07, 6.45) is 0.417. The number of rotatable bonds is 10. The van der Waals surface area contributed by atoms with Crippen molar-refractivity contribution in [3.8, 4) is 5.75 Å². The Morgan fingerprint density at radius 1 is 1.16 bits per heavy atom. The van der Waals surface area contributed by atoms with Crippen molar-refractivity contribution < 1.29 is 13.9 Å². The highest BCUT2D eigenvalue weighted by molar-refractivity contribution is 7.99. The lowest BCUT2D eigenvalue weighted by atomic mass is 10.1. The van der Waals surface area contributed by atoms with Crippen LogP contribution < -0.4 is 10.1 Å². The minimum Gasteiger partial charge on any atom is -0.494 e. The van der Waals surface area contributed by atoms with Crippen molar-refractivity contribution in [3.63, 3.8) is 0 Å². The number of Topliss-reactive ketones (excluding diaryl/α,β-unsaturated/α-hetero) is 1. The summed E-state index contributed by atoms with van der Waals surface area (Å²) in [5, 5.41) is 15.0. The predicted octanol–water partition coefficient (Wildman–Crippen LogP) is 5.89. The van der Waals surface area contributed by atoms with Crippen LogP contribution in [-0.2, 0) is 6.42 Å². The second-order valence-electron chi connectivity index (χ2n) is 6.58. The van der Waals surface area contributed by atoms with Crippen molar-refractivity contribution in [3.05, 3.63) is 76.1 Å². The predicted molar refractivity (Wildman–Crippen MR) is 127 cm³/mol. The molecule has 0 fully saturated rings. The van der Waals surface area contributed by atoms with Crippen LogP contribution in [0.25, 0.3) is 0 Å². The summed E-state index contributed by atoms with van der Waals surface area (Å²) in [6, 6.07) is 14.5. The molecule has 7 nitrogen and oxygen atoms in total. The topological polar surface area (TPSA) is 90.1 Å². The molecule has 0 spiro atoms. The zero-order chi connectivity index (χ0) is 22.3. The number of hydrogen-bond donors (Lipinski definition) is 1. The summed E-state index contributed by atoms with van der Waals surface area (Å²) >= 11 is 8.56. The van der Waals surface area contributed by atoms with E-state index in [1.165, 1.54) is 23.1 Å². The van der Waals surface area contributed by atoms with E-state index in [9.17, 15) is 4.79 Å². The van der Waals surface area contributed by atoms with Gasteiger partial charge in [-0.25, -0.2) is 4.98 Å². The molecule has 0 aliphatic carbocycles. The molecule has 2 aromatic heterocycles. The zero-order valence-corrected chi connectivity index (χ0v) is 19.5. The summed E-state index contributed by atoms with van der Waals surface area (Å²) in [6.45, 7) is 2.59. The molecule has 2 aromatic carbocycles. The second-order valence-corrected chi connectivity index (χ2v) is 8.80. The van der Waals surface area contributed by atoms with Crippen LogP contribution >= 0.6 is 34.7 Å². The third-order valence-corrected chi connectivity index (χ3v) is 6.12. The zero-order valence-electron chi connectivity index (χ0n) is 17.1. The molecule has 164 valence electrons. The summed E-state index contributed by atoms with van der Waals surface area (Å²) in [4.78, 5) is 16.8. The highest BCUT2D eigenvalue weighted by atomic mass is 35.5. The first-order chi connectivity index (χ1) is 15.6. The molecule has 0 saturated heterocycles. The van der Waals surface area contributed by atoms with Crippen LogP contribution in [-0.4, -0.2) is 33.3 Å². The standard InChI is InChI=1S/C22H19ClN4O3S2/c1-2-29-18-9-7-16(8-10-18)24-21-25-17(12-31-21)11-20-26-27-22(30-20)32-13-19(28)14-3-5-15(23)6-4-14/h3-10,12H,2,11,13H2,1H3,(H,24,25). The summed E-state index contributed by atoms with van der Waals surface area (Å²) in [5.74, 6) is 1.45. The van der Waals surface area contributed by atoms with Gasteiger partial charge in [0.05, 0.1) is 24.5 Å². The van der Waals surface area contributed by atoms with Gasteiger partial charge in [0, 0.05) is 21.7 Å². The summed E-state index contributed by atoms with van der Waals surface area (Å²) in [5.41, 5.74) is 2.34. The molecule has 0 amide bonds. The van der Waals surface area contributed by atoms with Gasteiger partial charge in [0.2, 0.25) is 5.89 Å². The van der Waals surface area contributed by atoms with E-state index in [1.807, 2.05) is 36.6 Å². The van der Waals surface area contributed by atoms with E-state index in [4.69, 9.17) is 20.8 Å². The van der Waals surface area contributed by atoms with E-state index in [0.717, 1.165) is 22.3 Å². The monoisotopic (exact) mass is 486 g/mol. The largest absolute Gasteiger partial charge is 0.494 e. The molecule has 0 atom stereocenters. The number of carbonyl (C=O) groups is 1. The van der Waals surface area contributed by atoms with Crippen LogP contribution in [0.4, 0.5) is 10.8 Å². The maximum atomic E-state index is 12.3. The highest BCUT2D eigenvalue weighted by Crippen LogP contribution is 2.25. The first-order valence-corrected chi connectivity index (χ1v) is 12.0. The number of anilines is 2. The molecule has 1 N–H and O–H groups in total. The van der Waals surface area contributed by atoms with Crippen LogP contribution in [0.1, 0.15) is 28.9 Å². The number of thiazole rings is 1. The molecule has 0 bridgehead atoms. The maximum Gasteiger partial charge on any atom is 0.277 e. The van der Waals surface area contributed by atoms with Crippen molar-refractivity contribution in [1.82, 2.24) is 15.2 Å². The quantitative estimate of drug-likeness (QED) is 0.219. The van der Waals surface area contributed by atoms with Gasteiger partial charge in [0.1, 0.15) is 5.75 Å². The summed E-state index contributed by atoms with van der Waals surface area (Å²) in [7, 11) is 0. The Morgan fingerprint density at radius 2 is 1.94 bits per heavy atom. The van der Waals surface area contributed by atoms with Gasteiger partial charge in [-0.15, -0.1) is 21.5 Å². The first-order valence-electron chi connectivity index (χ1n) is 9.77. The van der Waals surface area contributed by atoms with E-state index >= 15 is 0 Å². The van der Waals surface area contributed by atoms with Gasteiger partial charge in [-0.3, -0.25) is 4.79 Å². The Labute approximate surface area is 198 Å². The number of carbonyl (C=O) groups excluding carboxylic acids is 1. The van der Waals surface area contributed by atoms with Crippen molar-refractivity contribution in [2.75, 3.05) is 17.7 Å². The molecule has 4 rings (SSSR count). The van der Waals surface area contributed by atoms with Gasteiger partial charge in [-0.05, 0) is 55.5 Å². The number of thioether (sulfide) groups is 1. The van der Waals surface area contributed by atoms with Crippen molar-refractivity contribution in [2.24, 2.45) is 0 Å². The lowest BCUT2D eigenvalue weighted by Gasteiger charge is -2.05. The Hall–Kier alpha value is -2.88. The van der Waals surface area contributed by atoms with Crippen LogP contribution in [0, 0.1) is 0 Å². The number of ketones is 1. The fraction of sp³-hybridized carbons (Fsp3) is 0.182. The lowest BCUT2D eigenvalue weighted by molar-refractivity contribution is 0.102. The smallest absolute Gasteiger partial charge is 0.277 e. The Kier molecular flexibility index (Phi) is 7.41. The van der Waals surface area contributed by atoms with Crippen LogP contribution in [0.2, 0.25) is 5.02 Å². The van der Waals surface area contributed by atoms with Gasteiger partial charge < -0.3 is 14.5 Å². The number of benzene rings is 2. The van der Waals surface area contributed by atoms with E-state index < -0.39 is 0 Å². The normalized spacial score (nSPS) is 10.8. The molecular weight excluding hydrogens is 468 g/mol. The fourth-order valence-corrected chi connectivity index (χ4v) is 4.27. The van der Waals surface area contributed by atoms with Gasteiger partial charge in [0.15, 0.2) is 10.9 Å². The van der Waals surface area contributed by atoms with Gasteiger partial charge in [0.25, 0.3) is 5.22 Å². The number of hydrogen-bond acceptors (Lipinski definition) is 9. The average molecular weight is 487 g/mol. The number of nitrogens with zero attached hydrogens (tertiary/aromatic N) is 3. The molecule has 0 aliphatic rings. The van der Waals surface area contributed by atoms with E-state index in [2.05, 4.69) is 20.5 Å². The van der Waals surface area contributed by atoms with Crippen LogP contribution in [0.5, 0.6) is 5.75 Å². The van der Waals surface area contributed by atoms with Crippen molar-refractivity contribution >= 4 is 51.3 Å². The van der Waals surface area contributed by atoms with Crippen molar-refractivity contribution in [1.29, 1.82) is 0 Å². The number of ether oxygens (including phenoxy) is 1. The minimum absolute atomic E-state index is 0.0316. The van der Waals surface area contributed by atoms with Crippen molar-refractivity contribution in [2.45, 2.75) is 18.6 Å². The maximum absolute atomic E-state index is 12.3. The van der Waals surface area contributed by atoms with E-state index in [1.54, 1.807) is 24.3 Å². The summed E-state index contributed by atoms with van der Waals surface area (Å²) < 4.78 is 11.1. The Bertz CT molecular complexity index is 1180. The fourth-order valence-electron chi connectivity index (χ4n) is 2.74.